The van der Waals surface area contributed by atoms with Crippen molar-refractivity contribution in [1.82, 2.24) is 4.90 Å². The minimum atomic E-state index is -0.347. The fraction of sp³-hybridized carbons (Fsp3) is 0.852. The number of amides is 1. The Morgan fingerprint density at radius 1 is 1.06 bits per heavy atom. The summed E-state index contributed by atoms with van der Waals surface area (Å²) in [6.07, 6.45) is 9.59. The Kier molecular flexibility index (Phi) is 4.56. The third kappa shape index (κ3) is 2.75. The van der Waals surface area contributed by atoms with E-state index in [9.17, 15) is 14.7 Å². The first-order valence-electron chi connectivity index (χ1n) is 13.0. The summed E-state index contributed by atoms with van der Waals surface area (Å²) in [6, 6.07) is 0.451. The van der Waals surface area contributed by atoms with E-state index in [4.69, 9.17) is 0 Å². The number of aliphatic hydroxyl groups excluding tert-OH is 1. The fourth-order valence-electron chi connectivity index (χ4n) is 9.61. The molecule has 4 nitrogen and oxygen atoms in total. The van der Waals surface area contributed by atoms with Crippen molar-refractivity contribution >= 4 is 11.7 Å². The molecular weight excluding hydrogens is 386 g/mol. The lowest BCUT2D eigenvalue weighted by molar-refractivity contribution is -0.162. The van der Waals surface area contributed by atoms with Gasteiger partial charge in [0.05, 0.1) is 6.10 Å². The molecule has 5 fully saturated rings. The molecular formula is C27H39NO3. The summed E-state index contributed by atoms with van der Waals surface area (Å²) in [5.74, 6) is 4.21. The molecule has 0 aromatic carbocycles. The molecule has 0 aromatic rings. The highest BCUT2D eigenvalue weighted by Crippen LogP contribution is 2.66. The number of nitrogens with zero attached hydrogens (tertiary/aromatic N) is 1. The highest BCUT2D eigenvalue weighted by molar-refractivity contribution is 5.91. The van der Waals surface area contributed by atoms with E-state index in [1.54, 1.807) is 0 Å². The second kappa shape index (κ2) is 6.92. The first kappa shape index (κ1) is 20.4. The lowest BCUT2D eigenvalue weighted by Gasteiger charge is -2.55. The van der Waals surface area contributed by atoms with Gasteiger partial charge in [-0.1, -0.05) is 26.3 Å². The van der Waals surface area contributed by atoms with E-state index < -0.39 is 0 Å². The highest BCUT2D eigenvalue weighted by Gasteiger charge is 2.63. The molecule has 0 radical (unpaired) electrons. The van der Waals surface area contributed by atoms with E-state index in [1.165, 1.54) is 24.8 Å². The summed E-state index contributed by atoms with van der Waals surface area (Å²) in [7, 11) is 0. The maximum Gasteiger partial charge on any atom is 0.226 e. The predicted molar refractivity (Wildman–Crippen MR) is 119 cm³/mol. The van der Waals surface area contributed by atoms with Crippen molar-refractivity contribution in [2.45, 2.75) is 84.3 Å². The van der Waals surface area contributed by atoms with Crippen molar-refractivity contribution < 1.29 is 14.7 Å². The van der Waals surface area contributed by atoms with Gasteiger partial charge in [0, 0.05) is 24.9 Å². The first-order chi connectivity index (χ1) is 14.8. The molecule has 4 heteroatoms. The van der Waals surface area contributed by atoms with Crippen LogP contribution in [-0.4, -0.2) is 40.4 Å². The predicted octanol–water partition coefficient (Wildman–Crippen LogP) is 4.22. The van der Waals surface area contributed by atoms with E-state index >= 15 is 0 Å². The van der Waals surface area contributed by atoms with Gasteiger partial charge in [0.25, 0.3) is 0 Å². The van der Waals surface area contributed by atoms with Crippen LogP contribution in [0.2, 0.25) is 0 Å². The molecule has 0 spiro atoms. The molecule has 2 saturated heterocycles. The number of piperidine rings is 2. The van der Waals surface area contributed by atoms with Gasteiger partial charge in [-0.15, -0.1) is 0 Å². The number of aliphatic hydroxyl groups is 1. The van der Waals surface area contributed by atoms with Gasteiger partial charge in [0.1, 0.15) is 0 Å². The molecule has 2 heterocycles. The Balaban J connectivity index is 1.35. The van der Waals surface area contributed by atoms with Crippen LogP contribution in [-0.2, 0) is 9.59 Å². The van der Waals surface area contributed by atoms with Gasteiger partial charge >= 0.3 is 0 Å². The molecule has 6 rings (SSSR count). The fourth-order valence-corrected chi connectivity index (χ4v) is 9.61. The zero-order valence-corrected chi connectivity index (χ0v) is 19.4. The van der Waals surface area contributed by atoms with Crippen molar-refractivity contribution in [2.24, 2.45) is 52.8 Å². The minimum Gasteiger partial charge on any atom is -0.392 e. The summed E-state index contributed by atoms with van der Waals surface area (Å²) in [6.45, 7) is 8.02. The minimum absolute atomic E-state index is 0.0378. The third-order valence-electron chi connectivity index (χ3n) is 11.2. The zero-order chi connectivity index (χ0) is 21.7. The van der Waals surface area contributed by atoms with E-state index in [1.807, 2.05) is 6.08 Å². The van der Waals surface area contributed by atoms with Crippen LogP contribution < -0.4 is 0 Å². The quantitative estimate of drug-likeness (QED) is 0.632. The van der Waals surface area contributed by atoms with E-state index in [0.29, 0.717) is 66.2 Å². The molecule has 4 aliphatic carbocycles. The van der Waals surface area contributed by atoms with E-state index in [0.717, 1.165) is 25.8 Å². The molecule has 0 aromatic heterocycles. The number of fused-ring (bicyclic) bond motifs is 8. The van der Waals surface area contributed by atoms with Crippen molar-refractivity contribution in [3.05, 3.63) is 11.6 Å². The average molecular weight is 426 g/mol. The smallest absolute Gasteiger partial charge is 0.226 e. The topological polar surface area (TPSA) is 57.6 Å². The van der Waals surface area contributed by atoms with Crippen molar-refractivity contribution in [2.75, 3.05) is 6.54 Å². The maximum absolute atomic E-state index is 13.9. The van der Waals surface area contributed by atoms with Gasteiger partial charge in [-0.2, -0.15) is 0 Å². The van der Waals surface area contributed by atoms with E-state index in [2.05, 4.69) is 25.7 Å². The van der Waals surface area contributed by atoms with Gasteiger partial charge in [-0.25, -0.2) is 0 Å². The Hall–Kier alpha value is -1.16. The Morgan fingerprint density at radius 3 is 2.65 bits per heavy atom. The number of allylic oxidation sites excluding steroid dienone is 1. The van der Waals surface area contributed by atoms with Crippen molar-refractivity contribution in [1.29, 1.82) is 0 Å². The Labute approximate surface area is 186 Å². The third-order valence-corrected chi connectivity index (χ3v) is 11.2. The summed E-state index contributed by atoms with van der Waals surface area (Å²) < 4.78 is 0. The molecule has 31 heavy (non-hydrogen) atoms. The van der Waals surface area contributed by atoms with Crippen LogP contribution in [0.25, 0.3) is 0 Å². The van der Waals surface area contributed by atoms with Gasteiger partial charge in [0.15, 0.2) is 5.78 Å². The maximum atomic E-state index is 13.9. The zero-order valence-electron chi connectivity index (χ0n) is 19.4. The molecule has 0 bridgehead atoms. The Bertz CT molecular complexity index is 834. The number of rotatable bonds is 0. The lowest BCUT2D eigenvalue weighted by atomic mass is 9.55. The molecule has 2 unspecified atom stereocenters. The number of ketones is 1. The molecule has 3 saturated carbocycles. The molecule has 170 valence electrons. The summed E-state index contributed by atoms with van der Waals surface area (Å²) in [5, 5.41) is 11.2. The largest absolute Gasteiger partial charge is 0.392 e. The molecule has 6 aliphatic rings. The van der Waals surface area contributed by atoms with Crippen molar-refractivity contribution in [3.63, 3.8) is 0 Å². The summed E-state index contributed by atoms with van der Waals surface area (Å²) >= 11 is 0. The second-order valence-corrected chi connectivity index (χ2v) is 12.4. The molecule has 11 atom stereocenters. The van der Waals surface area contributed by atoms with Gasteiger partial charge < -0.3 is 10.0 Å². The van der Waals surface area contributed by atoms with Gasteiger partial charge in [-0.05, 0) is 97.9 Å². The summed E-state index contributed by atoms with van der Waals surface area (Å²) in [4.78, 5) is 28.3. The molecule has 2 aliphatic heterocycles. The van der Waals surface area contributed by atoms with E-state index in [-0.39, 0.29) is 23.2 Å². The standard InChI is InChI=1S/C27H39NO3/c1-14-4-7-22-15(2)18-5-6-19-20(24(18)26(31)28(22)13-14)12-21-25(19)23(30)11-16-10-17(29)8-9-27(16,21)3/h10,14-15,18-25,30H,4-9,11-13H2,1-3H3/t14-,15-,18-,19-,20-,21+,22+,23+,24?,25?,27+/m1/s1. The van der Waals surface area contributed by atoms with Crippen LogP contribution in [0.5, 0.6) is 0 Å². The monoisotopic (exact) mass is 425 g/mol. The highest BCUT2D eigenvalue weighted by atomic mass is 16.3. The number of hydrogen-bond acceptors (Lipinski definition) is 3. The SMILES string of the molecule is C[C@@H]1CC[C@H]2[C@H](C)[C@H]3CC[C@H]4C5[C@@H](O)CC6=CC(=O)CC[C@]6(C)[C@H]5C[C@H]4C3C(=O)N2C1. The number of hydrogen-bond donors (Lipinski definition) is 1. The van der Waals surface area contributed by atoms with Crippen LogP contribution in [0.4, 0.5) is 0 Å². The molecule has 1 N–H and O–H groups in total. The first-order valence-corrected chi connectivity index (χ1v) is 13.0. The summed E-state index contributed by atoms with van der Waals surface area (Å²) in [5.41, 5.74) is 1.23. The number of carbonyl (C=O) groups excluding carboxylic acids is 2. The number of carbonyl (C=O) groups is 2. The normalized spacial score (nSPS) is 53.7. The van der Waals surface area contributed by atoms with Crippen LogP contribution in [0.3, 0.4) is 0 Å². The van der Waals surface area contributed by atoms with Crippen LogP contribution in [0, 0.1) is 52.8 Å². The molecule has 1 amide bonds. The Morgan fingerprint density at radius 2 is 1.84 bits per heavy atom. The lowest BCUT2D eigenvalue weighted by Crippen LogP contribution is -2.61. The van der Waals surface area contributed by atoms with Crippen LogP contribution in [0.1, 0.15) is 72.1 Å². The van der Waals surface area contributed by atoms with Crippen LogP contribution >= 0.6 is 0 Å². The van der Waals surface area contributed by atoms with Crippen molar-refractivity contribution in [3.8, 4) is 0 Å². The second-order valence-electron chi connectivity index (χ2n) is 12.4. The van der Waals surface area contributed by atoms with Crippen LogP contribution in [0.15, 0.2) is 11.6 Å². The average Bonchev–Trinajstić information content (AvgIpc) is 3.14. The van der Waals surface area contributed by atoms with Gasteiger partial charge in [0.2, 0.25) is 5.91 Å². The van der Waals surface area contributed by atoms with Gasteiger partial charge in [-0.3, -0.25) is 9.59 Å².